The molecule has 0 aliphatic heterocycles. The maximum absolute atomic E-state index is 6.45. The van der Waals surface area contributed by atoms with Gasteiger partial charge < -0.3 is 18.1 Å². The van der Waals surface area contributed by atoms with Crippen molar-refractivity contribution in [2.24, 2.45) is 0 Å². The molecule has 0 saturated carbocycles. The summed E-state index contributed by atoms with van der Waals surface area (Å²) in [6, 6.07) is 24.1. The minimum Gasteiger partial charge on any atom is -0.417 e. The Bertz CT molecular complexity index is 1240. The fourth-order valence-corrected chi connectivity index (χ4v) is 6.59. The Morgan fingerprint density at radius 3 is 0.795 bits per heavy atom. The Hall–Kier alpha value is -3.10. The molecule has 0 radical (unpaired) electrons. The lowest BCUT2D eigenvalue weighted by Gasteiger charge is -2.24. The Labute approximate surface area is 235 Å². The minimum atomic E-state index is -1.95. The van der Waals surface area contributed by atoms with Crippen molar-refractivity contribution in [2.45, 2.75) is 55.4 Å². The Kier molecular flexibility index (Phi) is 9.51. The summed E-state index contributed by atoms with van der Waals surface area (Å²) >= 11 is 0. The lowest BCUT2D eigenvalue weighted by atomic mass is 10.1. The zero-order chi connectivity index (χ0) is 28.1. The van der Waals surface area contributed by atoms with Crippen molar-refractivity contribution in [3.8, 4) is 23.0 Å². The Morgan fingerprint density at radius 2 is 0.590 bits per heavy atom. The van der Waals surface area contributed by atoms with Crippen LogP contribution in [0.4, 0.5) is 0 Å². The Morgan fingerprint density at radius 1 is 0.359 bits per heavy atom. The van der Waals surface area contributed by atoms with Gasteiger partial charge in [-0.25, -0.2) is 0 Å². The number of aryl methyl sites for hydroxylation is 8. The number of hydrogen-bond donors (Lipinski definition) is 0. The van der Waals surface area contributed by atoms with E-state index in [0.717, 1.165) is 44.5 Å². The number of rotatable bonds is 10. The SMILES string of the molecule is Cc1ccc(OP(Oc2ccc(C)cc2C)OP(Oc2ccc(C)cc2C)Oc2ccc(C)cc2C)c(C)c1. The largest absolute Gasteiger partial charge is 0.471 e. The number of hydrogen-bond acceptors (Lipinski definition) is 5. The van der Waals surface area contributed by atoms with Gasteiger partial charge in [0, 0.05) is 0 Å². The van der Waals surface area contributed by atoms with Crippen molar-refractivity contribution in [1.29, 1.82) is 0 Å². The van der Waals surface area contributed by atoms with Crippen molar-refractivity contribution < 1.29 is 22.4 Å². The molecule has 0 spiro atoms. The summed E-state index contributed by atoms with van der Waals surface area (Å²) in [7, 11) is -3.90. The molecule has 4 aromatic carbocycles. The Balaban J connectivity index is 1.68. The zero-order valence-electron chi connectivity index (χ0n) is 23.9. The molecule has 7 heteroatoms. The van der Waals surface area contributed by atoms with Gasteiger partial charge in [-0.05, 0) is 102 Å². The quantitative estimate of drug-likeness (QED) is 0.180. The van der Waals surface area contributed by atoms with Crippen LogP contribution in [0, 0.1) is 55.4 Å². The smallest absolute Gasteiger partial charge is 0.417 e. The predicted octanol–water partition coefficient (Wildman–Crippen LogP) is 10.2. The van der Waals surface area contributed by atoms with Crippen LogP contribution in [0.2, 0.25) is 0 Å². The highest BCUT2D eigenvalue weighted by Crippen LogP contribution is 2.56. The van der Waals surface area contributed by atoms with Gasteiger partial charge in [0.05, 0.1) is 0 Å². The van der Waals surface area contributed by atoms with Crippen molar-refractivity contribution in [3.05, 3.63) is 117 Å². The van der Waals surface area contributed by atoms with Crippen LogP contribution in [0.15, 0.2) is 72.8 Å². The predicted molar refractivity (Wildman–Crippen MR) is 161 cm³/mol. The van der Waals surface area contributed by atoms with E-state index in [1.54, 1.807) is 0 Å². The van der Waals surface area contributed by atoms with Crippen LogP contribution in [-0.2, 0) is 4.31 Å². The minimum absolute atomic E-state index is 0.685. The molecule has 204 valence electrons. The van der Waals surface area contributed by atoms with Crippen LogP contribution in [0.5, 0.6) is 23.0 Å². The van der Waals surface area contributed by atoms with E-state index in [-0.39, 0.29) is 0 Å². The molecule has 0 bridgehead atoms. The molecule has 0 amide bonds. The van der Waals surface area contributed by atoms with Gasteiger partial charge in [-0.2, -0.15) is 4.31 Å². The molecule has 4 rings (SSSR count). The van der Waals surface area contributed by atoms with Gasteiger partial charge in [0.25, 0.3) is 0 Å². The van der Waals surface area contributed by atoms with Gasteiger partial charge in [0.2, 0.25) is 0 Å². The first-order valence-corrected chi connectivity index (χ1v) is 15.1. The first-order valence-electron chi connectivity index (χ1n) is 12.9. The van der Waals surface area contributed by atoms with Crippen molar-refractivity contribution in [3.63, 3.8) is 0 Å². The first-order chi connectivity index (χ1) is 18.6. The van der Waals surface area contributed by atoms with E-state index < -0.39 is 17.2 Å². The monoisotopic (exact) mass is 562 g/mol. The summed E-state index contributed by atoms with van der Waals surface area (Å²) in [5, 5.41) is 0. The molecule has 0 aliphatic rings. The second-order valence-electron chi connectivity index (χ2n) is 9.97. The van der Waals surface area contributed by atoms with Gasteiger partial charge in [0.15, 0.2) is 0 Å². The molecule has 0 fully saturated rings. The molecule has 0 saturated heterocycles. The summed E-state index contributed by atoms with van der Waals surface area (Å²) in [4.78, 5) is 0. The average molecular weight is 563 g/mol. The highest BCUT2D eigenvalue weighted by molar-refractivity contribution is 7.56. The second kappa shape index (κ2) is 12.8. The normalized spacial score (nSPS) is 11.1. The fourth-order valence-electron chi connectivity index (χ4n) is 4.09. The van der Waals surface area contributed by atoms with E-state index in [0.29, 0.717) is 23.0 Å². The molecule has 0 aromatic heterocycles. The standard InChI is InChI=1S/C32H36O5P2/c1-21-9-13-29(25(5)17-21)33-38(34-30-14-10-22(2)18-26(30)6)37-39(35-31-15-11-23(3)19-27(31)7)36-32-16-12-24(4)20-28(32)8/h9-20H,1-8H3. The van der Waals surface area contributed by atoms with E-state index in [2.05, 4.69) is 52.0 Å². The summed E-state index contributed by atoms with van der Waals surface area (Å²) < 4.78 is 31.9. The van der Waals surface area contributed by atoms with Crippen LogP contribution in [-0.4, -0.2) is 0 Å². The lowest BCUT2D eigenvalue weighted by Crippen LogP contribution is -2.05. The van der Waals surface area contributed by atoms with Crippen molar-refractivity contribution in [1.82, 2.24) is 0 Å². The van der Waals surface area contributed by atoms with Crippen LogP contribution < -0.4 is 18.1 Å². The van der Waals surface area contributed by atoms with E-state index in [4.69, 9.17) is 22.4 Å². The van der Waals surface area contributed by atoms with Crippen LogP contribution >= 0.6 is 17.2 Å². The molecule has 0 heterocycles. The van der Waals surface area contributed by atoms with Crippen molar-refractivity contribution >= 4 is 17.2 Å². The van der Waals surface area contributed by atoms with E-state index in [1.165, 1.54) is 0 Å². The van der Waals surface area contributed by atoms with Gasteiger partial charge in [0.1, 0.15) is 23.0 Å². The second-order valence-corrected chi connectivity index (χ2v) is 12.2. The summed E-state index contributed by atoms with van der Waals surface area (Å²) in [6.07, 6.45) is 0. The third-order valence-electron chi connectivity index (χ3n) is 6.15. The third-order valence-corrected chi connectivity index (χ3v) is 8.60. The summed E-state index contributed by atoms with van der Waals surface area (Å²) in [5.41, 5.74) is 8.57. The van der Waals surface area contributed by atoms with Gasteiger partial charge in [-0.3, -0.25) is 0 Å². The van der Waals surface area contributed by atoms with Gasteiger partial charge in [-0.15, -0.1) is 0 Å². The van der Waals surface area contributed by atoms with Crippen LogP contribution in [0.25, 0.3) is 0 Å². The average Bonchev–Trinajstić information content (AvgIpc) is 2.86. The summed E-state index contributed by atoms with van der Waals surface area (Å²) in [5.74, 6) is 2.74. The molecule has 4 aromatic rings. The molecule has 39 heavy (non-hydrogen) atoms. The van der Waals surface area contributed by atoms with Crippen LogP contribution in [0.3, 0.4) is 0 Å². The van der Waals surface area contributed by atoms with E-state index in [1.807, 2.05) is 76.2 Å². The third kappa shape index (κ3) is 7.96. The zero-order valence-corrected chi connectivity index (χ0v) is 25.7. The topological polar surface area (TPSA) is 46.2 Å². The molecular formula is C32H36O5P2. The number of benzene rings is 4. The molecule has 0 unspecified atom stereocenters. The highest BCUT2D eigenvalue weighted by atomic mass is 31.2. The maximum Gasteiger partial charge on any atom is 0.471 e. The van der Waals surface area contributed by atoms with Crippen LogP contribution in [0.1, 0.15) is 44.5 Å². The summed E-state index contributed by atoms with van der Waals surface area (Å²) in [6.45, 7) is 16.2. The van der Waals surface area contributed by atoms with Gasteiger partial charge in [-0.1, -0.05) is 70.8 Å². The van der Waals surface area contributed by atoms with Crippen molar-refractivity contribution in [2.75, 3.05) is 0 Å². The fraction of sp³-hybridized carbons (Fsp3) is 0.250. The molecular weight excluding hydrogens is 526 g/mol. The molecule has 5 nitrogen and oxygen atoms in total. The van der Waals surface area contributed by atoms with E-state index in [9.17, 15) is 0 Å². The van der Waals surface area contributed by atoms with Gasteiger partial charge >= 0.3 is 17.2 Å². The van der Waals surface area contributed by atoms with E-state index >= 15 is 0 Å². The molecule has 0 atom stereocenters. The maximum atomic E-state index is 6.45. The molecule has 0 aliphatic carbocycles. The molecule has 0 N–H and O–H groups in total. The highest BCUT2D eigenvalue weighted by Gasteiger charge is 2.31. The first kappa shape index (κ1) is 28.9. The lowest BCUT2D eigenvalue weighted by molar-refractivity contribution is 0.339.